The summed E-state index contributed by atoms with van der Waals surface area (Å²) < 4.78 is 7.17. The van der Waals surface area contributed by atoms with Gasteiger partial charge in [-0.05, 0) is 41.8 Å². The van der Waals surface area contributed by atoms with Gasteiger partial charge in [0.2, 0.25) is 0 Å². The smallest absolute Gasteiger partial charge is 0.193 e. The lowest BCUT2D eigenvalue weighted by Gasteiger charge is -2.22. The molecule has 0 spiro atoms. The Bertz CT molecular complexity index is 952. The first-order valence-corrected chi connectivity index (χ1v) is 9.79. The number of pyridine rings is 1. The molecular weight excluding hydrogens is 364 g/mol. The van der Waals surface area contributed by atoms with Crippen molar-refractivity contribution in [3.05, 3.63) is 72.4 Å². The van der Waals surface area contributed by atoms with E-state index in [9.17, 15) is 0 Å². The molecule has 1 aliphatic rings. The van der Waals surface area contributed by atoms with Crippen LogP contribution in [0.3, 0.4) is 0 Å². The summed E-state index contributed by atoms with van der Waals surface area (Å²) in [5.74, 6) is 3.20. The zero-order valence-electron chi connectivity index (χ0n) is 16.8. The number of aliphatic imine (C=N–C) groups is 1. The van der Waals surface area contributed by atoms with Gasteiger partial charge in [-0.1, -0.05) is 12.1 Å². The first kappa shape index (κ1) is 19.0. The first-order valence-electron chi connectivity index (χ1n) is 9.79. The molecule has 0 amide bonds. The summed E-state index contributed by atoms with van der Waals surface area (Å²) in [4.78, 5) is 15.3. The van der Waals surface area contributed by atoms with E-state index in [0.29, 0.717) is 12.5 Å². The van der Waals surface area contributed by atoms with Crippen LogP contribution in [-0.4, -0.2) is 52.6 Å². The van der Waals surface area contributed by atoms with Crippen LogP contribution < -0.4 is 10.1 Å². The zero-order chi connectivity index (χ0) is 20.1. The Kier molecular flexibility index (Phi) is 5.74. The highest BCUT2D eigenvalue weighted by Gasteiger charge is 2.26. The Balaban J connectivity index is 1.37. The summed E-state index contributed by atoms with van der Waals surface area (Å²) in [5.41, 5.74) is 2.50. The number of ether oxygens (including phenoxy) is 1. The summed E-state index contributed by atoms with van der Waals surface area (Å²) in [6, 6.07) is 12.5. The molecule has 150 valence electrons. The fourth-order valence-corrected chi connectivity index (χ4v) is 3.72. The van der Waals surface area contributed by atoms with E-state index in [0.717, 1.165) is 42.6 Å². The minimum atomic E-state index is 0.508. The third-order valence-corrected chi connectivity index (χ3v) is 5.32. The molecule has 4 rings (SSSR count). The highest BCUT2D eigenvalue weighted by Crippen LogP contribution is 2.28. The second-order valence-electron chi connectivity index (χ2n) is 7.10. The maximum Gasteiger partial charge on any atom is 0.193 e. The number of nitrogens with one attached hydrogen (secondary N) is 1. The summed E-state index contributed by atoms with van der Waals surface area (Å²) in [5, 5.41) is 3.49. The summed E-state index contributed by atoms with van der Waals surface area (Å²) >= 11 is 0. The lowest BCUT2D eigenvalue weighted by Crippen LogP contribution is -2.39. The van der Waals surface area contributed by atoms with Crippen LogP contribution >= 0.6 is 0 Å². The zero-order valence-corrected chi connectivity index (χ0v) is 16.8. The maximum absolute atomic E-state index is 5.27. The number of benzene rings is 1. The quantitative estimate of drug-likeness (QED) is 0.536. The number of nitrogens with zero attached hydrogens (tertiary/aromatic N) is 5. The van der Waals surface area contributed by atoms with Crippen LogP contribution in [-0.2, 0) is 6.54 Å². The Morgan fingerprint density at radius 3 is 2.83 bits per heavy atom. The van der Waals surface area contributed by atoms with Gasteiger partial charge in [-0.2, -0.15) is 0 Å². The Morgan fingerprint density at radius 1 is 1.24 bits per heavy atom. The van der Waals surface area contributed by atoms with Crippen molar-refractivity contribution in [3.63, 3.8) is 0 Å². The molecule has 3 heterocycles. The molecule has 1 N–H and O–H groups in total. The number of likely N-dealkylation sites (tertiary alicyclic amines) is 1. The van der Waals surface area contributed by atoms with Gasteiger partial charge in [0.15, 0.2) is 5.96 Å². The van der Waals surface area contributed by atoms with Gasteiger partial charge in [0.25, 0.3) is 0 Å². The standard InChI is InChI=1S/C22H26N6O/c1-23-22(26-14-17-7-9-25-21(13-17)28-12-10-24-16-28)27-11-8-19(15-27)18-3-5-20(29-2)6-4-18/h3-7,9-10,12-13,16,19H,8,11,14-15H2,1-2H3,(H,23,26). The Morgan fingerprint density at radius 2 is 2.10 bits per heavy atom. The summed E-state index contributed by atoms with van der Waals surface area (Å²) in [6.45, 7) is 2.65. The molecule has 0 aliphatic carbocycles. The van der Waals surface area contributed by atoms with E-state index in [1.807, 2.05) is 42.2 Å². The van der Waals surface area contributed by atoms with Gasteiger partial charge >= 0.3 is 0 Å². The predicted molar refractivity (Wildman–Crippen MR) is 113 cm³/mol. The molecule has 1 saturated heterocycles. The van der Waals surface area contributed by atoms with Crippen LogP contribution in [0.1, 0.15) is 23.5 Å². The van der Waals surface area contributed by atoms with Crippen molar-refractivity contribution in [3.8, 4) is 11.6 Å². The fourth-order valence-electron chi connectivity index (χ4n) is 3.72. The van der Waals surface area contributed by atoms with Gasteiger partial charge in [0, 0.05) is 51.2 Å². The van der Waals surface area contributed by atoms with E-state index in [-0.39, 0.29) is 0 Å². The molecule has 1 fully saturated rings. The number of hydrogen-bond donors (Lipinski definition) is 1. The van der Waals surface area contributed by atoms with E-state index in [1.54, 1.807) is 19.6 Å². The van der Waals surface area contributed by atoms with Crippen molar-refractivity contribution in [1.82, 2.24) is 24.8 Å². The van der Waals surface area contributed by atoms with Crippen molar-refractivity contribution in [2.75, 3.05) is 27.2 Å². The molecule has 7 heteroatoms. The minimum absolute atomic E-state index is 0.508. The van der Waals surface area contributed by atoms with Crippen LogP contribution in [0.5, 0.6) is 5.75 Å². The second-order valence-corrected chi connectivity index (χ2v) is 7.10. The van der Waals surface area contributed by atoms with Gasteiger partial charge in [-0.15, -0.1) is 0 Å². The van der Waals surface area contributed by atoms with Crippen LogP contribution in [0.2, 0.25) is 0 Å². The number of hydrogen-bond acceptors (Lipinski definition) is 4. The molecular formula is C22H26N6O. The average molecular weight is 390 g/mol. The van der Waals surface area contributed by atoms with Crippen molar-refractivity contribution < 1.29 is 4.74 Å². The second kappa shape index (κ2) is 8.77. The lowest BCUT2D eigenvalue weighted by molar-refractivity contribution is 0.414. The van der Waals surface area contributed by atoms with Crippen molar-refractivity contribution >= 4 is 5.96 Å². The maximum atomic E-state index is 5.27. The van der Waals surface area contributed by atoms with Crippen LogP contribution in [0, 0.1) is 0 Å². The minimum Gasteiger partial charge on any atom is -0.497 e. The third-order valence-electron chi connectivity index (χ3n) is 5.32. The van der Waals surface area contributed by atoms with Crippen molar-refractivity contribution in [1.29, 1.82) is 0 Å². The Labute approximate surface area is 171 Å². The lowest BCUT2D eigenvalue weighted by atomic mass is 9.98. The molecule has 0 radical (unpaired) electrons. The molecule has 0 bridgehead atoms. The molecule has 1 aromatic carbocycles. The monoisotopic (exact) mass is 390 g/mol. The summed E-state index contributed by atoms with van der Waals surface area (Å²) in [6.07, 6.45) is 8.34. The average Bonchev–Trinajstić information content (AvgIpc) is 3.47. The van der Waals surface area contributed by atoms with Crippen molar-refractivity contribution in [2.24, 2.45) is 4.99 Å². The largest absolute Gasteiger partial charge is 0.497 e. The number of aromatic nitrogens is 3. The Hall–Kier alpha value is -3.35. The van der Waals surface area contributed by atoms with E-state index >= 15 is 0 Å². The van der Waals surface area contributed by atoms with Crippen LogP contribution in [0.25, 0.3) is 5.82 Å². The highest BCUT2D eigenvalue weighted by atomic mass is 16.5. The van der Waals surface area contributed by atoms with E-state index < -0.39 is 0 Å². The van der Waals surface area contributed by atoms with Gasteiger partial charge in [-0.25, -0.2) is 9.97 Å². The molecule has 3 aromatic rings. The molecule has 1 unspecified atom stereocenters. The number of methoxy groups -OCH3 is 1. The third kappa shape index (κ3) is 4.39. The van der Waals surface area contributed by atoms with Crippen molar-refractivity contribution in [2.45, 2.75) is 18.9 Å². The van der Waals surface area contributed by atoms with Gasteiger partial charge in [0.1, 0.15) is 17.9 Å². The van der Waals surface area contributed by atoms with E-state index in [1.165, 1.54) is 5.56 Å². The molecule has 1 aliphatic heterocycles. The van der Waals surface area contributed by atoms with Gasteiger partial charge in [0.05, 0.1) is 7.11 Å². The van der Waals surface area contributed by atoms with Gasteiger partial charge in [-0.3, -0.25) is 9.56 Å². The molecule has 0 saturated carbocycles. The molecule has 1 atom stereocenters. The number of rotatable bonds is 5. The number of imidazole rings is 1. The van der Waals surface area contributed by atoms with Crippen LogP contribution in [0.15, 0.2) is 66.3 Å². The summed E-state index contributed by atoms with van der Waals surface area (Å²) in [7, 11) is 3.54. The molecule has 2 aromatic heterocycles. The first-order chi connectivity index (χ1) is 14.3. The normalized spacial score (nSPS) is 16.8. The number of guanidine groups is 1. The fraction of sp³-hybridized carbons (Fsp3) is 0.318. The van der Waals surface area contributed by atoms with E-state index in [4.69, 9.17) is 4.74 Å². The molecule has 7 nitrogen and oxygen atoms in total. The SMILES string of the molecule is CN=C(NCc1ccnc(-n2ccnc2)c1)N1CCC(c2ccc(OC)cc2)C1. The highest BCUT2D eigenvalue weighted by molar-refractivity contribution is 5.80. The van der Waals surface area contributed by atoms with Gasteiger partial charge < -0.3 is 15.0 Å². The van der Waals surface area contributed by atoms with Crippen LogP contribution in [0.4, 0.5) is 0 Å². The molecule has 29 heavy (non-hydrogen) atoms. The van der Waals surface area contributed by atoms with E-state index in [2.05, 4.69) is 43.4 Å². The predicted octanol–water partition coefficient (Wildman–Crippen LogP) is 2.84. The topological polar surface area (TPSA) is 67.6 Å².